The van der Waals surface area contributed by atoms with Crippen LogP contribution in [-0.2, 0) is 9.53 Å². The Hall–Kier alpha value is -3.67. The summed E-state index contributed by atoms with van der Waals surface area (Å²) < 4.78 is 10.5. The second-order valence-corrected chi connectivity index (χ2v) is 5.68. The molecule has 0 aliphatic rings. The lowest BCUT2D eigenvalue weighted by Crippen LogP contribution is -2.34. The summed E-state index contributed by atoms with van der Waals surface area (Å²) in [6, 6.07) is 16.6. The Bertz CT molecular complexity index is 1040. The number of anilines is 1. The third kappa shape index (κ3) is 4.12. The number of para-hydroxylation sites is 2. The topological polar surface area (TPSA) is 76.8 Å². The Kier molecular flexibility index (Phi) is 5.47. The quantitative estimate of drug-likeness (QED) is 0.497. The Morgan fingerprint density at radius 1 is 1.07 bits per heavy atom. The van der Waals surface area contributed by atoms with E-state index < -0.39 is 18.5 Å². The molecule has 6 heteroatoms. The van der Waals surface area contributed by atoms with Crippen molar-refractivity contribution < 1.29 is 18.7 Å². The predicted octanol–water partition coefficient (Wildman–Crippen LogP) is 3.17. The molecule has 1 heterocycles. The number of benzene rings is 2. The summed E-state index contributed by atoms with van der Waals surface area (Å²) in [7, 11) is 0. The van der Waals surface area contributed by atoms with Gasteiger partial charge in [-0.2, -0.15) is 0 Å². The molecular formula is C21H17NO5. The molecule has 136 valence electrons. The molecule has 0 aliphatic carbocycles. The van der Waals surface area contributed by atoms with Gasteiger partial charge >= 0.3 is 5.97 Å². The first-order valence-corrected chi connectivity index (χ1v) is 8.26. The second-order valence-electron chi connectivity index (χ2n) is 5.68. The van der Waals surface area contributed by atoms with Crippen LogP contribution < -0.4 is 10.3 Å². The number of ether oxygens (including phenoxy) is 1. The van der Waals surface area contributed by atoms with Crippen LogP contribution in [0.25, 0.3) is 11.0 Å². The summed E-state index contributed by atoms with van der Waals surface area (Å²) in [5.41, 5.74) is 0.587. The molecule has 0 unspecified atom stereocenters. The van der Waals surface area contributed by atoms with Crippen LogP contribution >= 0.6 is 0 Å². The number of hydrogen-bond acceptors (Lipinski definition) is 5. The monoisotopic (exact) mass is 363 g/mol. The zero-order chi connectivity index (χ0) is 19.2. The minimum absolute atomic E-state index is 0.249. The molecule has 3 aromatic rings. The fraction of sp³-hybridized carbons (Fsp3) is 0.0952. The van der Waals surface area contributed by atoms with Crippen LogP contribution in [0.1, 0.15) is 10.6 Å². The van der Waals surface area contributed by atoms with Crippen LogP contribution in [0, 0.1) is 0 Å². The van der Waals surface area contributed by atoms with Gasteiger partial charge in [0, 0.05) is 18.3 Å². The Balaban J connectivity index is 1.73. The highest BCUT2D eigenvalue weighted by molar-refractivity contribution is 5.97. The Morgan fingerprint density at radius 2 is 1.78 bits per heavy atom. The Labute approximate surface area is 155 Å². The summed E-state index contributed by atoms with van der Waals surface area (Å²) in [6.45, 7) is 3.42. The highest BCUT2D eigenvalue weighted by atomic mass is 16.5. The molecule has 0 N–H and O–H groups in total. The average molecular weight is 363 g/mol. The van der Waals surface area contributed by atoms with E-state index in [0.717, 1.165) is 6.07 Å². The standard InChI is InChI=1S/C21H17NO5/c1-2-12-22(15-8-4-3-5-9-15)20(24)14-26-21(25)19-13-17(23)16-10-6-7-11-18(16)27-19/h2-11,13H,1,12,14H2. The molecule has 0 aliphatic heterocycles. The lowest BCUT2D eigenvalue weighted by molar-refractivity contribution is -0.121. The number of nitrogens with zero attached hydrogens (tertiary/aromatic N) is 1. The summed E-state index contributed by atoms with van der Waals surface area (Å²) in [5, 5.41) is 0.367. The van der Waals surface area contributed by atoms with Crippen LogP contribution in [0.3, 0.4) is 0 Å². The minimum Gasteiger partial charge on any atom is -0.450 e. The smallest absolute Gasteiger partial charge is 0.374 e. The summed E-state index contributed by atoms with van der Waals surface area (Å²) in [5.74, 6) is -1.54. The van der Waals surface area contributed by atoms with Gasteiger partial charge in [-0.3, -0.25) is 9.59 Å². The van der Waals surface area contributed by atoms with Gasteiger partial charge in [0.15, 0.2) is 12.0 Å². The highest BCUT2D eigenvalue weighted by Crippen LogP contribution is 2.15. The molecule has 0 spiro atoms. The van der Waals surface area contributed by atoms with Gasteiger partial charge in [0.05, 0.1) is 5.39 Å². The molecule has 1 aromatic heterocycles. The zero-order valence-corrected chi connectivity index (χ0v) is 14.5. The van der Waals surface area contributed by atoms with E-state index in [1.54, 1.807) is 54.6 Å². The van der Waals surface area contributed by atoms with Crippen molar-refractivity contribution in [2.45, 2.75) is 0 Å². The number of fused-ring (bicyclic) bond motifs is 1. The number of hydrogen-bond donors (Lipinski definition) is 0. The summed E-state index contributed by atoms with van der Waals surface area (Å²) >= 11 is 0. The first-order valence-electron chi connectivity index (χ1n) is 8.26. The predicted molar refractivity (Wildman–Crippen MR) is 102 cm³/mol. The van der Waals surface area contributed by atoms with E-state index in [1.165, 1.54) is 4.90 Å². The van der Waals surface area contributed by atoms with Crippen LogP contribution in [0.5, 0.6) is 0 Å². The van der Waals surface area contributed by atoms with Crippen molar-refractivity contribution in [2.24, 2.45) is 0 Å². The van der Waals surface area contributed by atoms with E-state index in [9.17, 15) is 14.4 Å². The maximum Gasteiger partial charge on any atom is 0.374 e. The molecule has 27 heavy (non-hydrogen) atoms. The van der Waals surface area contributed by atoms with Gasteiger partial charge in [0.1, 0.15) is 5.58 Å². The molecule has 1 amide bonds. The molecule has 0 bridgehead atoms. The van der Waals surface area contributed by atoms with Crippen molar-refractivity contribution in [3.05, 3.63) is 89.3 Å². The number of rotatable bonds is 6. The van der Waals surface area contributed by atoms with Gasteiger partial charge in [-0.25, -0.2) is 4.79 Å². The summed E-state index contributed by atoms with van der Waals surface area (Å²) in [4.78, 5) is 38.2. The lowest BCUT2D eigenvalue weighted by atomic mass is 10.2. The normalized spacial score (nSPS) is 10.4. The lowest BCUT2D eigenvalue weighted by Gasteiger charge is -2.21. The fourth-order valence-electron chi connectivity index (χ4n) is 2.57. The molecule has 6 nitrogen and oxygen atoms in total. The highest BCUT2D eigenvalue weighted by Gasteiger charge is 2.19. The molecule has 0 radical (unpaired) electrons. The minimum atomic E-state index is -0.877. The number of amides is 1. The molecule has 0 fully saturated rings. The van der Waals surface area contributed by atoms with Gasteiger partial charge in [0.2, 0.25) is 5.76 Å². The molecule has 2 aromatic carbocycles. The van der Waals surface area contributed by atoms with Crippen molar-refractivity contribution in [3.63, 3.8) is 0 Å². The number of esters is 1. The van der Waals surface area contributed by atoms with Crippen LogP contribution in [0.4, 0.5) is 5.69 Å². The first kappa shape index (κ1) is 18.1. The third-order valence-electron chi connectivity index (χ3n) is 3.84. The SMILES string of the molecule is C=CCN(C(=O)COC(=O)c1cc(=O)c2ccccc2o1)c1ccccc1. The first-order chi connectivity index (χ1) is 13.1. The fourth-order valence-corrected chi connectivity index (χ4v) is 2.57. The number of carbonyl (C=O) groups is 2. The zero-order valence-electron chi connectivity index (χ0n) is 14.5. The van der Waals surface area contributed by atoms with Crippen molar-refractivity contribution >= 4 is 28.5 Å². The van der Waals surface area contributed by atoms with E-state index >= 15 is 0 Å². The summed E-state index contributed by atoms with van der Waals surface area (Å²) in [6.07, 6.45) is 1.58. The van der Waals surface area contributed by atoms with E-state index in [2.05, 4.69) is 6.58 Å². The van der Waals surface area contributed by atoms with Crippen molar-refractivity contribution in [2.75, 3.05) is 18.1 Å². The van der Waals surface area contributed by atoms with Gasteiger partial charge < -0.3 is 14.1 Å². The second kappa shape index (κ2) is 8.14. The molecule has 3 rings (SSSR count). The van der Waals surface area contributed by atoms with Crippen molar-refractivity contribution in [1.82, 2.24) is 0 Å². The molecule has 0 saturated carbocycles. The van der Waals surface area contributed by atoms with Crippen LogP contribution in [-0.4, -0.2) is 25.0 Å². The van der Waals surface area contributed by atoms with E-state index in [0.29, 0.717) is 11.1 Å². The molecule has 0 saturated heterocycles. The maximum absolute atomic E-state index is 12.5. The van der Waals surface area contributed by atoms with E-state index in [4.69, 9.17) is 9.15 Å². The van der Waals surface area contributed by atoms with Crippen LogP contribution in [0.2, 0.25) is 0 Å². The number of carbonyl (C=O) groups excluding carboxylic acids is 2. The van der Waals surface area contributed by atoms with Gasteiger partial charge in [-0.1, -0.05) is 36.4 Å². The average Bonchev–Trinajstić information content (AvgIpc) is 2.70. The van der Waals surface area contributed by atoms with Gasteiger partial charge in [0.25, 0.3) is 5.91 Å². The molecular weight excluding hydrogens is 346 g/mol. The van der Waals surface area contributed by atoms with Gasteiger partial charge in [-0.15, -0.1) is 6.58 Å². The molecule has 0 atom stereocenters. The van der Waals surface area contributed by atoms with Gasteiger partial charge in [-0.05, 0) is 24.3 Å². The van der Waals surface area contributed by atoms with Crippen molar-refractivity contribution in [3.8, 4) is 0 Å². The largest absolute Gasteiger partial charge is 0.450 e. The Morgan fingerprint density at radius 3 is 2.52 bits per heavy atom. The van der Waals surface area contributed by atoms with Crippen molar-refractivity contribution in [1.29, 1.82) is 0 Å². The van der Waals surface area contributed by atoms with E-state index in [-0.39, 0.29) is 23.3 Å². The maximum atomic E-state index is 12.5. The van der Waals surface area contributed by atoms with Crippen LogP contribution in [0.15, 0.2) is 82.5 Å². The van der Waals surface area contributed by atoms with E-state index in [1.807, 2.05) is 6.07 Å². The third-order valence-corrected chi connectivity index (χ3v) is 3.84.